The maximum atomic E-state index is 7.00. The largest absolute Gasteiger partial charge is 0.396 e. The Kier molecular flexibility index (Phi) is 3.19. The van der Waals surface area contributed by atoms with Crippen molar-refractivity contribution < 1.29 is 0 Å². The molecule has 0 atom stereocenters. The molecule has 1 aromatic heterocycles. The highest BCUT2D eigenvalue weighted by atomic mass is 79.9. The number of nitrogens with zero attached hydrogens (tertiary/aromatic N) is 1. The standard InChI is InChI=1S/C9H10BrN3/c1-6-3-2-4-8(13-6)9(12)7(10)5-11/h2-5,11H,12H2,1H3. The Labute approximate surface area is 85.3 Å². The Morgan fingerprint density at radius 1 is 1.62 bits per heavy atom. The van der Waals surface area contributed by atoms with E-state index in [4.69, 9.17) is 11.1 Å². The predicted molar refractivity (Wildman–Crippen MR) is 57.8 cm³/mol. The smallest absolute Gasteiger partial charge is 0.0874 e. The molecule has 0 unspecified atom stereocenters. The number of hydrogen-bond donors (Lipinski definition) is 2. The van der Waals surface area contributed by atoms with E-state index in [1.807, 2.05) is 25.1 Å². The van der Waals surface area contributed by atoms with Crippen LogP contribution in [0.1, 0.15) is 11.4 Å². The molecule has 1 rings (SSSR count). The minimum atomic E-state index is 0.485. The molecule has 1 aromatic rings. The molecule has 0 radical (unpaired) electrons. The Bertz CT molecular complexity index is 358. The molecule has 0 saturated heterocycles. The molecular weight excluding hydrogens is 230 g/mol. The zero-order chi connectivity index (χ0) is 9.84. The van der Waals surface area contributed by atoms with Gasteiger partial charge in [0.05, 0.1) is 15.9 Å². The number of hydrogen-bond acceptors (Lipinski definition) is 3. The van der Waals surface area contributed by atoms with Gasteiger partial charge < -0.3 is 11.1 Å². The van der Waals surface area contributed by atoms with Crippen molar-refractivity contribution in [2.45, 2.75) is 6.92 Å². The van der Waals surface area contributed by atoms with Crippen molar-refractivity contribution in [2.75, 3.05) is 0 Å². The molecule has 0 spiro atoms. The van der Waals surface area contributed by atoms with Crippen LogP contribution in [0.25, 0.3) is 5.70 Å². The van der Waals surface area contributed by atoms with E-state index in [1.54, 1.807) is 0 Å². The highest BCUT2D eigenvalue weighted by molar-refractivity contribution is 9.12. The summed E-state index contributed by atoms with van der Waals surface area (Å²) in [6, 6.07) is 5.59. The topological polar surface area (TPSA) is 62.8 Å². The fourth-order valence-electron chi connectivity index (χ4n) is 0.893. The quantitative estimate of drug-likeness (QED) is 0.777. The van der Waals surface area contributed by atoms with Crippen molar-refractivity contribution in [3.63, 3.8) is 0 Å². The van der Waals surface area contributed by atoms with Gasteiger partial charge in [0.15, 0.2) is 0 Å². The van der Waals surface area contributed by atoms with Crippen LogP contribution in [0.4, 0.5) is 0 Å². The molecule has 0 aliphatic rings. The van der Waals surface area contributed by atoms with Gasteiger partial charge in [-0.25, -0.2) is 0 Å². The number of nitrogens with one attached hydrogen (secondary N) is 1. The number of pyridine rings is 1. The highest BCUT2D eigenvalue weighted by Crippen LogP contribution is 2.14. The first-order valence-electron chi connectivity index (χ1n) is 3.75. The third kappa shape index (κ3) is 2.39. The first-order valence-corrected chi connectivity index (χ1v) is 4.54. The van der Waals surface area contributed by atoms with Crippen LogP contribution in [0.15, 0.2) is 22.7 Å². The van der Waals surface area contributed by atoms with Crippen molar-refractivity contribution in [3.05, 3.63) is 34.1 Å². The second-order valence-electron chi connectivity index (χ2n) is 2.57. The average Bonchev–Trinajstić information content (AvgIpc) is 2.15. The number of halogens is 1. The second kappa shape index (κ2) is 4.18. The molecule has 0 saturated carbocycles. The van der Waals surface area contributed by atoms with Crippen molar-refractivity contribution in [1.82, 2.24) is 4.98 Å². The summed E-state index contributed by atoms with van der Waals surface area (Å²) < 4.78 is 0.547. The Morgan fingerprint density at radius 3 is 2.85 bits per heavy atom. The maximum Gasteiger partial charge on any atom is 0.0874 e. The molecule has 0 aromatic carbocycles. The summed E-state index contributed by atoms with van der Waals surface area (Å²) >= 11 is 3.18. The van der Waals surface area contributed by atoms with Gasteiger partial charge in [-0.3, -0.25) is 4.98 Å². The lowest BCUT2D eigenvalue weighted by Gasteiger charge is -2.02. The van der Waals surface area contributed by atoms with E-state index < -0.39 is 0 Å². The van der Waals surface area contributed by atoms with Crippen LogP contribution in [-0.4, -0.2) is 11.2 Å². The van der Waals surface area contributed by atoms with Crippen LogP contribution in [0, 0.1) is 12.3 Å². The van der Waals surface area contributed by atoms with E-state index in [-0.39, 0.29) is 0 Å². The lowest BCUT2D eigenvalue weighted by atomic mass is 10.2. The average molecular weight is 240 g/mol. The number of allylic oxidation sites excluding steroid dienone is 1. The van der Waals surface area contributed by atoms with Gasteiger partial charge in [0.2, 0.25) is 0 Å². The SMILES string of the molecule is Cc1cccc(C(N)=C(Br)C=N)n1. The lowest BCUT2D eigenvalue weighted by molar-refractivity contribution is 1.16. The molecular formula is C9H10BrN3. The van der Waals surface area contributed by atoms with Gasteiger partial charge in [-0.15, -0.1) is 0 Å². The first-order chi connectivity index (χ1) is 6.15. The van der Waals surface area contributed by atoms with E-state index in [1.165, 1.54) is 0 Å². The van der Waals surface area contributed by atoms with Gasteiger partial charge in [0, 0.05) is 11.9 Å². The Balaban J connectivity index is 3.16. The fourth-order valence-corrected chi connectivity index (χ4v) is 1.10. The zero-order valence-electron chi connectivity index (χ0n) is 7.21. The molecule has 0 aliphatic heterocycles. The minimum Gasteiger partial charge on any atom is -0.396 e. The Hall–Kier alpha value is -1.16. The molecule has 13 heavy (non-hydrogen) atoms. The number of aromatic nitrogens is 1. The summed E-state index contributed by atoms with van der Waals surface area (Å²) in [4.78, 5) is 4.23. The van der Waals surface area contributed by atoms with Crippen LogP contribution in [0.2, 0.25) is 0 Å². The zero-order valence-corrected chi connectivity index (χ0v) is 8.80. The molecule has 0 bridgehead atoms. The van der Waals surface area contributed by atoms with Crippen LogP contribution in [0.3, 0.4) is 0 Å². The van der Waals surface area contributed by atoms with Crippen LogP contribution in [0.5, 0.6) is 0 Å². The highest BCUT2D eigenvalue weighted by Gasteiger charge is 2.01. The number of aryl methyl sites for hydroxylation is 1. The van der Waals surface area contributed by atoms with E-state index in [0.717, 1.165) is 11.9 Å². The molecule has 0 fully saturated rings. The monoisotopic (exact) mass is 239 g/mol. The van der Waals surface area contributed by atoms with Crippen LogP contribution in [-0.2, 0) is 0 Å². The molecule has 0 aliphatic carbocycles. The molecule has 0 amide bonds. The summed E-state index contributed by atoms with van der Waals surface area (Å²) in [6.07, 6.45) is 1.15. The van der Waals surface area contributed by atoms with Gasteiger partial charge in [-0.05, 0) is 35.0 Å². The van der Waals surface area contributed by atoms with Crippen LogP contribution < -0.4 is 5.73 Å². The van der Waals surface area contributed by atoms with Gasteiger partial charge in [0.1, 0.15) is 0 Å². The van der Waals surface area contributed by atoms with Gasteiger partial charge in [-0.1, -0.05) is 6.07 Å². The summed E-state index contributed by atoms with van der Waals surface area (Å²) in [5, 5.41) is 7.00. The molecule has 68 valence electrons. The fraction of sp³-hybridized carbons (Fsp3) is 0.111. The number of rotatable bonds is 2. The van der Waals surface area contributed by atoms with E-state index in [2.05, 4.69) is 20.9 Å². The first kappa shape index (κ1) is 9.92. The number of nitrogens with two attached hydrogens (primary N) is 1. The molecule has 4 heteroatoms. The molecule has 3 nitrogen and oxygen atoms in total. The van der Waals surface area contributed by atoms with Gasteiger partial charge >= 0.3 is 0 Å². The van der Waals surface area contributed by atoms with Gasteiger partial charge in [0.25, 0.3) is 0 Å². The maximum absolute atomic E-state index is 7.00. The predicted octanol–water partition coefficient (Wildman–Crippen LogP) is 2.06. The second-order valence-corrected chi connectivity index (χ2v) is 3.42. The van der Waals surface area contributed by atoms with Crippen molar-refractivity contribution in [2.24, 2.45) is 5.73 Å². The lowest BCUT2D eigenvalue weighted by Crippen LogP contribution is -2.02. The van der Waals surface area contributed by atoms with Crippen molar-refractivity contribution in [3.8, 4) is 0 Å². The summed E-state index contributed by atoms with van der Waals surface area (Å²) in [6.45, 7) is 1.90. The van der Waals surface area contributed by atoms with Crippen LogP contribution >= 0.6 is 15.9 Å². The van der Waals surface area contributed by atoms with Crippen molar-refractivity contribution in [1.29, 1.82) is 5.41 Å². The molecule has 1 heterocycles. The van der Waals surface area contributed by atoms with E-state index in [0.29, 0.717) is 15.9 Å². The Morgan fingerprint density at radius 2 is 2.31 bits per heavy atom. The third-order valence-electron chi connectivity index (χ3n) is 1.55. The third-order valence-corrected chi connectivity index (χ3v) is 2.20. The normalized spacial score (nSPS) is 12.2. The minimum absolute atomic E-state index is 0.485. The van der Waals surface area contributed by atoms with Gasteiger partial charge in [-0.2, -0.15) is 0 Å². The van der Waals surface area contributed by atoms with Crippen molar-refractivity contribution >= 4 is 27.8 Å². The van der Waals surface area contributed by atoms with E-state index >= 15 is 0 Å². The summed E-state index contributed by atoms with van der Waals surface area (Å²) in [5.74, 6) is 0. The summed E-state index contributed by atoms with van der Waals surface area (Å²) in [7, 11) is 0. The summed E-state index contributed by atoms with van der Waals surface area (Å²) in [5.41, 5.74) is 7.82. The molecule has 3 N–H and O–H groups in total. The van der Waals surface area contributed by atoms with E-state index in [9.17, 15) is 0 Å².